The maximum atomic E-state index is 12.1. The molecule has 0 aromatic carbocycles. The van der Waals surface area contributed by atoms with E-state index < -0.39 is 18.9 Å². The summed E-state index contributed by atoms with van der Waals surface area (Å²) in [4.78, 5) is 16.5. The van der Waals surface area contributed by atoms with Crippen LogP contribution in [0.3, 0.4) is 0 Å². The van der Waals surface area contributed by atoms with Gasteiger partial charge in [-0.05, 0) is 6.07 Å². The molecule has 1 atom stereocenters. The summed E-state index contributed by atoms with van der Waals surface area (Å²) in [6.07, 6.45) is -3.64. The number of amides is 1. The first kappa shape index (κ1) is 15.2. The van der Waals surface area contributed by atoms with Crippen LogP contribution in [0, 0.1) is 0 Å². The number of hydrogen-bond acceptors (Lipinski definition) is 5. The fourth-order valence-electron chi connectivity index (χ4n) is 2.02. The number of alkyl halides is 3. The zero-order valence-electron chi connectivity index (χ0n) is 11.0. The van der Waals surface area contributed by atoms with Crippen molar-refractivity contribution in [1.29, 1.82) is 0 Å². The largest absolute Gasteiger partial charge is 0.484 e. The molecule has 1 amide bonds. The van der Waals surface area contributed by atoms with Crippen molar-refractivity contribution in [2.45, 2.75) is 18.7 Å². The lowest BCUT2D eigenvalue weighted by Gasteiger charge is -2.18. The standard InChI is InChI=1S/C12H14F3N3O3/c13-12(14,15)7-20-8-1-3-17-10(5-8)18-4-2-9(6-18)21-11(16)19/h1,3,5,9H,2,4,6-7H2,(H2,16,19)/t9-/m1/s1. The molecule has 2 heterocycles. The normalized spacial score (nSPS) is 18.6. The number of aromatic nitrogens is 1. The Bertz CT molecular complexity index is 510. The number of rotatable bonds is 4. The Labute approximate surface area is 118 Å². The lowest BCUT2D eigenvalue weighted by molar-refractivity contribution is -0.153. The number of primary amides is 1. The first-order chi connectivity index (χ1) is 9.83. The monoisotopic (exact) mass is 305 g/mol. The highest BCUT2D eigenvalue weighted by atomic mass is 19.4. The van der Waals surface area contributed by atoms with Gasteiger partial charge in [-0.1, -0.05) is 0 Å². The van der Waals surface area contributed by atoms with E-state index >= 15 is 0 Å². The van der Waals surface area contributed by atoms with E-state index in [1.165, 1.54) is 18.3 Å². The van der Waals surface area contributed by atoms with Gasteiger partial charge in [0.15, 0.2) is 6.61 Å². The van der Waals surface area contributed by atoms with E-state index in [2.05, 4.69) is 9.72 Å². The van der Waals surface area contributed by atoms with Gasteiger partial charge in [0.1, 0.15) is 17.7 Å². The summed E-state index contributed by atoms with van der Waals surface area (Å²) in [6, 6.07) is 2.76. The zero-order chi connectivity index (χ0) is 15.5. The molecule has 1 aromatic rings. The number of nitrogens with two attached hydrogens (primary N) is 1. The van der Waals surface area contributed by atoms with Crippen LogP contribution >= 0.6 is 0 Å². The number of hydrogen-bond donors (Lipinski definition) is 1. The van der Waals surface area contributed by atoms with Gasteiger partial charge < -0.3 is 20.1 Å². The molecule has 9 heteroatoms. The highest BCUT2D eigenvalue weighted by molar-refractivity contribution is 5.65. The van der Waals surface area contributed by atoms with Crippen LogP contribution < -0.4 is 15.4 Å². The lowest BCUT2D eigenvalue weighted by atomic mass is 10.3. The van der Waals surface area contributed by atoms with Crippen molar-refractivity contribution >= 4 is 11.9 Å². The molecular weight excluding hydrogens is 291 g/mol. The molecule has 1 saturated heterocycles. The quantitative estimate of drug-likeness (QED) is 0.916. The van der Waals surface area contributed by atoms with Crippen molar-refractivity contribution < 1.29 is 27.4 Å². The number of carbonyl (C=O) groups excluding carboxylic acids is 1. The van der Waals surface area contributed by atoms with Gasteiger partial charge in [0, 0.05) is 25.2 Å². The van der Waals surface area contributed by atoms with E-state index in [1.54, 1.807) is 4.90 Å². The molecule has 0 spiro atoms. The van der Waals surface area contributed by atoms with Crippen molar-refractivity contribution in [3.63, 3.8) is 0 Å². The number of halogens is 3. The second-order valence-corrected chi connectivity index (χ2v) is 4.55. The van der Waals surface area contributed by atoms with Crippen molar-refractivity contribution in [3.05, 3.63) is 18.3 Å². The molecule has 21 heavy (non-hydrogen) atoms. The average Bonchev–Trinajstić information content (AvgIpc) is 2.83. The minimum absolute atomic E-state index is 0.0802. The minimum Gasteiger partial charge on any atom is -0.484 e. The van der Waals surface area contributed by atoms with Gasteiger partial charge in [-0.2, -0.15) is 13.2 Å². The number of ether oxygens (including phenoxy) is 2. The molecule has 2 N–H and O–H groups in total. The third kappa shape index (κ3) is 4.69. The fraction of sp³-hybridized carbons (Fsp3) is 0.500. The van der Waals surface area contributed by atoms with E-state index in [-0.39, 0.29) is 11.9 Å². The first-order valence-corrected chi connectivity index (χ1v) is 6.20. The third-order valence-corrected chi connectivity index (χ3v) is 2.87. The van der Waals surface area contributed by atoms with Crippen LogP contribution in [-0.2, 0) is 4.74 Å². The number of carbonyl (C=O) groups is 1. The van der Waals surface area contributed by atoms with Crippen LogP contribution in [-0.4, -0.2) is 43.1 Å². The Hall–Kier alpha value is -2.19. The topological polar surface area (TPSA) is 77.7 Å². The molecule has 1 fully saturated rings. The molecule has 0 unspecified atom stereocenters. The summed E-state index contributed by atoms with van der Waals surface area (Å²) in [7, 11) is 0. The molecule has 1 aromatic heterocycles. The van der Waals surface area contributed by atoms with E-state index in [9.17, 15) is 18.0 Å². The van der Waals surface area contributed by atoms with Crippen LogP contribution in [0.1, 0.15) is 6.42 Å². The second kappa shape index (κ2) is 6.06. The second-order valence-electron chi connectivity index (χ2n) is 4.55. The maximum absolute atomic E-state index is 12.1. The molecule has 2 rings (SSSR count). The van der Waals surface area contributed by atoms with E-state index in [1.807, 2.05) is 0 Å². The molecule has 6 nitrogen and oxygen atoms in total. The smallest absolute Gasteiger partial charge is 0.422 e. The number of anilines is 1. The predicted octanol–water partition coefficient (Wildman–Crippen LogP) is 1.70. The minimum atomic E-state index is -4.39. The van der Waals surface area contributed by atoms with Crippen LogP contribution in [0.5, 0.6) is 5.75 Å². The first-order valence-electron chi connectivity index (χ1n) is 6.20. The van der Waals surface area contributed by atoms with E-state index in [4.69, 9.17) is 10.5 Å². The number of pyridine rings is 1. The Morgan fingerprint density at radius 3 is 2.95 bits per heavy atom. The highest BCUT2D eigenvalue weighted by Gasteiger charge is 2.29. The van der Waals surface area contributed by atoms with Gasteiger partial charge in [0.2, 0.25) is 0 Å². The van der Waals surface area contributed by atoms with Crippen LogP contribution in [0.25, 0.3) is 0 Å². The SMILES string of the molecule is NC(=O)O[C@@H]1CCN(c2cc(OCC(F)(F)F)ccn2)C1. The van der Waals surface area contributed by atoms with Crippen molar-refractivity contribution in [1.82, 2.24) is 4.98 Å². The summed E-state index contributed by atoms with van der Waals surface area (Å²) < 4.78 is 45.9. The van der Waals surface area contributed by atoms with Crippen molar-refractivity contribution in [3.8, 4) is 5.75 Å². The Morgan fingerprint density at radius 2 is 2.29 bits per heavy atom. The molecule has 0 bridgehead atoms. The molecule has 0 radical (unpaired) electrons. The Morgan fingerprint density at radius 1 is 1.52 bits per heavy atom. The van der Waals surface area contributed by atoms with Crippen LogP contribution in [0.15, 0.2) is 18.3 Å². The Balaban J connectivity index is 1.96. The maximum Gasteiger partial charge on any atom is 0.422 e. The predicted molar refractivity (Wildman–Crippen MR) is 67.1 cm³/mol. The van der Waals surface area contributed by atoms with Gasteiger partial charge in [0.05, 0.1) is 6.54 Å². The van der Waals surface area contributed by atoms with Gasteiger partial charge in [-0.3, -0.25) is 0 Å². The molecular formula is C12H14F3N3O3. The third-order valence-electron chi connectivity index (χ3n) is 2.87. The summed E-state index contributed by atoms with van der Waals surface area (Å²) in [5.74, 6) is 0.543. The van der Waals surface area contributed by atoms with Crippen molar-refractivity contribution in [2.24, 2.45) is 5.73 Å². The van der Waals surface area contributed by atoms with Gasteiger partial charge in [-0.15, -0.1) is 0 Å². The van der Waals surface area contributed by atoms with Crippen molar-refractivity contribution in [2.75, 3.05) is 24.6 Å². The molecule has 0 saturated carbocycles. The molecule has 0 aliphatic carbocycles. The molecule has 1 aliphatic heterocycles. The summed E-state index contributed by atoms with van der Waals surface area (Å²) in [5.41, 5.74) is 4.94. The summed E-state index contributed by atoms with van der Waals surface area (Å²) in [6.45, 7) is -0.407. The van der Waals surface area contributed by atoms with E-state index in [0.29, 0.717) is 25.3 Å². The highest BCUT2D eigenvalue weighted by Crippen LogP contribution is 2.24. The lowest BCUT2D eigenvalue weighted by Crippen LogP contribution is -2.27. The summed E-state index contributed by atoms with van der Waals surface area (Å²) >= 11 is 0. The van der Waals surface area contributed by atoms with E-state index in [0.717, 1.165) is 0 Å². The molecule has 1 aliphatic rings. The fourth-order valence-corrected chi connectivity index (χ4v) is 2.02. The van der Waals surface area contributed by atoms with Gasteiger partial charge in [-0.25, -0.2) is 9.78 Å². The van der Waals surface area contributed by atoms with Gasteiger partial charge >= 0.3 is 12.3 Å². The van der Waals surface area contributed by atoms with Crippen LogP contribution in [0.2, 0.25) is 0 Å². The summed E-state index contributed by atoms with van der Waals surface area (Å²) in [5, 5.41) is 0. The van der Waals surface area contributed by atoms with Crippen LogP contribution in [0.4, 0.5) is 23.8 Å². The zero-order valence-corrected chi connectivity index (χ0v) is 11.0. The Kier molecular flexibility index (Phi) is 4.39. The number of nitrogens with zero attached hydrogens (tertiary/aromatic N) is 2. The van der Waals surface area contributed by atoms with Gasteiger partial charge in [0.25, 0.3) is 0 Å². The average molecular weight is 305 g/mol. The molecule has 116 valence electrons.